The molecule has 0 unspecified atom stereocenters. The van der Waals surface area contributed by atoms with Crippen LogP contribution in [0, 0.1) is 10.1 Å². The predicted octanol–water partition coefficient (Wildman–Crippen LogP) is 2.90. The zero-order chi connectivity index (χ0) is 13.0. The van der Waals surface area contributed by atoms with Gasteiger partial charge < -0.3 is 9.64 Å². The summed E-state index contributed by atoms with van der Waals surface area (Å²) in [7, 11) is 5.21. The van der Waals surface area contributed by atoms with E-state index in [4.69, 9.17) is 4.74 Å². The molecule has 0 saturated heterocycles. The van der Waals surface area contributed by atoms with Gasteiger partial charge in [0.05, 0.1) is 22.1 Å². The molecule has 1 aromatic carbocycles. The first-order valence-electron chi connectivity index (χ1n) is 4.83. The molecule has 17 heavy (non-hydrogen) atoms. The summed E-state index contributed by atoms with van der Waals surface area (Å²) in [6, 6.07) is 2.99. The van der Waals surface area contributed by atoms with Crippen LogP contribution in [0.5, 0.6) is 5.75 Å². The van der Waals surface area contributed by atoms with E-state index in [0.717, 1.165) is 0 Å². The molecular weight excluding hydrogens is 288 g/mol. The van der Waals surface area contributed by atoms with Gasteiger partial charge in [0.1, 0.15) is 5.75 Å². The van der Waals surface area contributed by atoms with Crippen LogP contribution in [0.1, 0.15) is 5.56 Å². The maximum absolute atomic E-state index is 10.9. The van der Waals surface area contributed by atoms with Gasteiger partial charge in [0.25, 0.3) is 5.69 Å². The van der Waals surface area contributed by atoms with E-state index in [9.17, 15) is 10.1 Å². The lowest BCUT2D eigenvalue weighted by Crippen LogP contribution is -2.01. The van der Waals surface area contributed by atoms with Crippen molar-refractivity contribution in [1.82, 2.24) is 4.90 Å². The number of methoxy groups -OCH3 is 1. The second-order valence-electron chi connectivity index (χ2n) is 3.55. The van der Waals surface area contributed by atoms with Gasteiger partial charge in [0.15, 0.2) is 0 Å². The monoisotopic (exact) mass is 300 g/mol. The lowest BCUT2D eigenvalue weighted by atomic mass is 10.1. The summed E-state index contributed by atoms with van der Waals surface area (Å²) in [5.41, 5.74) is 0.527. The van der Waals surface area contributed by atoms with Crippen molar-refractivity contribution >= 4 is 27.7 Å². The van der Waals surface area contributed by atoms with E-state index in [2.05, 4.69) is 15.9 Å². The number of hydrogen-bond acceptors (Lipinski definition) is 4. The standard InChI is InChI=1S/C11H13BrN2O3/c1-13(2)7-6-8-9(14(15)16)4-5-10(17-3)11(8)12/h4-7H,1-3H3. The molecule has 1 rings (SSSR count). The van der Waals surface area contributed by atoms with Gasteiger partial charge in [-0.3, -0.25) is 10.1 Å². The van der Waals surface area contributed by atoms with Crippen LogP contribution in [-0.4, -0.2) is 31.0 Å². The largest absolute Gasteiger partial charge is 0.496 e. The molecule has 92 valence electrons. The second kappa shape index (κ2) is 5.67. The van der Waals surface area contributed by atoms with Crippen LogP contribution >= 0.6 is 15.9 Å². The molecule has 0 aliphatic carbocycles. The van der Waals surface area contributed by atoms with Gasteiger partial charge in [0.2, 0.25) is 0 Å². The third kappa shape index (κ3) is 3.20. The molecule has 0 aliphatic rings. The van der Waals surface area contributed by atoms with Gasteiger partial charge in [0, 0.05) is 20.2 Å². The van der Waals surface area contributed by atoms with Crippen molar-refractivity contribution in [2.45, 2.75) is 0 Å². The number of hydrogen-bond donors (Lipinski definition) is 0. The molecule has 0 atom stereocenters. The van der Waals surface area contributed by atoms with E-state index >= 15 is 0 Å². The highest BCUT2D eigenvalue weighted by Crippen LogP contribution is 2.35. The Labute approximate surface area is 108 Å². The molecule has 0 aliphatic heterocycles. The molecule has 0 fully saturated rings. The molecule has 0 bridgehead atoms. The third-order valence-corrected chi connectivity index (χ3v) is 2.90. The number of nitro groups is 1. The molecular formula is C11H13BrN2O3. The first-order chi connectivity index (χ1) is 7.97. The van der Waals surface area contributed by atoms with Crippen molar-refractivity contribution < 1.29 is 9.66 Å². The minimum absolute atomic E-state index is 0.0378. The first kappa shape index (κ1) is 13.5. The molecule has 5 nitrogen and oxygen atoms in total. The van der Waals surface area contributed by atoms with Gasteiger partial charge in [-0.05, 0) is 34.3 Å². The summed E-state index contributed by atoms with van der Waals surface area (Å²) >= 11 is 3.31. The smallest absolute Gasteiger partial charge is 0.278 e. The molecule has 0 N–H and O–H groups in total. The van der Waals surface area contributed by atoms with Crippen molar-refractivity contribution in [1.29, 1.82) is 0 Å². The normalized spacial score (nSPS) is 10.6. The minimum atomic E-state index is -0.417. The molecule has 0 amide bonds. The van der Waals surface area contributed by atoms with Crippen molar-refractivity contribution in [2.75, 3.05) is 21.2 Å². The molecule has 0 radical (unpaired) electrons. The van der Waals surface area contributed by atoms with Gasteiger partial charge in [-0.25, -0.2) is 0 Å². The molecule has 6 heteroatoms. The fourth-order valence-corrected chi connectivity index (χ4v) is 1.89. The molecule has 0 aromatic heterocycles. The number of benzene rings is 1. The number of rotatable bonds is 4. The minimum Gasteiger partial charge on any atom is -0.496 e. The average Bonchev–Trinajstić information content (AvgIpc) is 2.26. The molecule has 0 heterocycles. The number of nitrogens with zero attached hydrogens (tertiary/aromatic N) is 2. The van der Waals surface area contributed by atoms with E-state index in [-0.39, 0.29) is 5.69 Å². The Hall–Kier alpha value is -1.56. The molecule has 0 saturated carbocycles. The predicted molar refractivity (Wildman–Crippen MR) is 70.1 cm³/mol. The molecule has 0 spiro atoms. The van der Waals surface area contributed by atoms with Crippen molar-refractivity contribution in [3.05, 3.63) is 38.5 Å². The van der Waals surface area contributed by atoms with Crippen LogP contribution in [0.4, 0.5) is 5.69 Å². The van der Waals surface area contributed by atoms with Crippen LogP contribution < -0.4 is 4.74 Å². The fourth-order valence-electron chi connectivity index (χ4n) is 1.26. The van der Waals surface area contributed by atoms with E-state index in [0.29, 0.717) is 15.8 Å². The summed E-state index contributed by atoms with van der Waals surface area (Å²) in [5.74, 6) is 0.564. The Morgan fingerprint density at radius 1 is 1.47 bits per heavy atom. The quantitative estimate of drug-likeness (QED) is 0.634. The summed E-state index contributed by atoms with van der Waals surface area (Å²) in [6.07, 6.45) is 3.41. The zero-order valence-electron chi connectivity index (χ0n) is 9.81. The van der Waals surface area contributed by atoms with Crippen LogP contribution in [0.3, 0.4) is 0 Å². The van der Waals surface area contributed by atoms with Crippen LogP contribution in [0.15, 0.2) is 22.8 Å². The number of nitro benzene ring substituents is 1. The SMILES string of the molecule is COc1ccc([N+](=O)[O-])c(C=CN(C)C)c1Br. The van der Waals surface area contributed by atoms with Gasteiger partial charge in [-0.15, -0.1) is 0 Å². The molecule has 1 aromatic rings. The van der Waals surface area contributed by atoms with E-state index in [1.54, 1.807) is 23.2 Å². The van der Waals surface area contributed by atoms with Gasteiger partial charge >= 0.3 is 0 Å². The van der Waals surface area contributed by atoms with E-state index < -0.39 is 4.92 Å². The number of ether oxygens (including phenoxy) is 1. The van der Waals surface area contributed by atoms with Gasteiger partial charge in [-0.1, -0.05) is 0 Å². The van der Waals surface area contributed by atoms with Crippen molar-refractivity contribution in [3.8, 4) is 5.75 Å². The topological polar surface area (TPSA) is 55.6 Å². The Bertz CT molecular complexity index is 458. The maximum atomic E-state index is 10.9. The first-order valence-corrected chi connectivity index (χ1v) is 5.62. The zero-order valence-corrected chi connectivity index (χ0v) is 11.4. The number of halogens is 1. The summed E-state index contributed by atoms with van der Waals surface area (Å²) < 4.78 is 5.69. The Balaban J connectivity index is 3.34. The lowest BCUT2D eigenvalue weighted by molar-refractivity contribution is -0.385. The second-order valence-corrected chi connectivity index (χ2v) is 4.34. The maximum Gasteiger partial charge on any atom is 0.278 e. The van der Waals surface area contributed by atoms with Crippen LogP contribution in [-0.2, 0) is 0 Å². The van der Waals surface area contributed by atoms with Gasteiger partial charge in [-0.2, -0.15) is 0 Å². The summed E-state index contributed by atoms with van der Waals surface area (Å²) in [5, 5.41) is 10.9. The lowest BCUT2D eigenvalue weighted by Gasteiger charge is -2.08. The Kier molecular flexibility index (Phi) is 4.51. The highest BCUT2D eigenvalue weighted by molar-refractivity contribution is 9.10. The summed E-state index contributed by atoms with van der Waals surface area (Å²) in [4.78, 5) is 12.3. The average molecular weight is 301 g/mol. The third-order valence-electron chi connectivity index (χ3n) is 2.08. The Morgan fingerprint density at radius 3 is 2.59 bits per heavy atom. The van der Waals surface area contributed by atoms with E-state index in [1.807, 2.05) is 14.1 Å². The van der Waals surface area contributed by atoms with Crippen LogP contribution in [0.25, 0.3) is 6.08 Å². The Morgan fingerprint density at radius 2 is 2.12 bits per heavy atom. The van der Waals surface area contributed by atoms with Crippen LogP contribution in [0.2, 0.25) is 0 Å². The van der Waals surface area contributed by atoms with Crippen molar-refractivity contribution in [2.24, 2.45) is 0 Å². The highest BCUT2D eigenvalue weighted by atomic mass is 79.9. The summed E-state index contributed by atoms with van der Waals surface area (Å²) in [6.45, 7) is 0. The van der Waals surface area contributed by atoms with E-state index in [1.165, 1.54) is 13.2 Å². The highest BCUT2D eigenvalue weighted by Gasteiger charge is 2.17. The fraction of sp³-hybridized carbons (Fsp3) is 0.273. The van der Waals surface area contributed by atoms with Crippen molar-refractivity contribution in [3.63, 3.8) is 0 Å².